The van der Waals surface area contributed by atoms with Crippen LogP contribution in [0.5, 0.6) is 5.75 Å². The van der Waals surface area contributed by atoms with Crippen molar-refractivity contribution in [2.45, 2.75) is 11.8 Å². The van der Waals surface area contributed by atoms with Crippen LogP contribution in [-0.4, -0.2) is 25.3 Å². The first-order valence-electron chi connectivity index (χ1n) is 6.96. The van der Waals surface area contributed by atoms with Gasteiger partial charge in [0.1, 0.15) is 5.75 Å². The van der Waals surface area contributed by atoms with Gasteiger partial charge in [0.25, 0.3) is 10.0 Å². The molecule has 0 atom stereocenters. The molecule has 1 heterocycles. The number of carbonyl (C=O) groups excluding carboxylic acids is 1. The molecule has 0 N–H and O–H groups in total. The van der Waals surface area contributed by atoms with Crippen LogP contribution in [0.25, 0.3) is 10.9 Å². The van der Waals surface area contributed by atoms with Crippen molar-refractivity contribution in [3.63, 3.8) is 0 Å². The number of ether oxygens (including phenoxy) is 1. The van der Waals surface area contributed by atoms with Crippen molar-refractivity contribution in [1.82, 2.24) is 3.97 Å². The molecule has 0 spiro atoms. The van der Waals surface area contributed by atoms with Crippen molar-refractivity contribution >= 4 is 26.7 Å². The van der Waals surface area contributed by atoms with E-state index in [1.54, 1.807) is 36.4 Å². The molecule has 0 unspecified atom stereocenters. The molecule has 0 amide bonds. The minimum absolute atomic E-state index is 0.133. The summed E-state index contributed by atoms with van der Waals surface area (Å²) in [5.74, 6) is 0.399. The molecule has 0 saturated heterocycles. The zero-order chi connectivity index (χ0) is 16.6. The summed E-state index contributed by atoms with van der Waals surface area (Å²) in [5, 5.41) is 0.622. The van der Waals surface area contributed by atoms with Crippen molar-refractivity contribution in [2.24, 2.45) is 0 Å². The number of fused-ring (bicyclic) bond motifs is 1. The van der Waals surface area contributed by atoms with Crippen LogP contribution in [0.2, 0.25) is 0 Å². The van der Waals surface area contributed by atoms with Gasteiger partial charge in [0.2, 0.25) is 0 Å². The molecule has 0 aliphatic carbocycles. The van der Waals surface area contributed by atoms with Crippen LogP contribution in [0, 0.1) is 0 Å². The number of Topliss-reactive ketones (excluding diaryl/α,β-unsaturated/α-hetero) is 1. The lowest BCUT2D eigenvalue weighted by Crippen LogP contribution is -2.11. The Hall–Kier alpha value is -2.60. The van der Waals surface area contributed by atoms with Crippen molar-refractivity contribution in [3.05, 3.63) is 60.3 Å². The van der Waals surface area contributed by atoms with Gasteiger partial charge in [-0.05, 0) is 37.3 Å². The van der Waals surface area contributed by atoms with Crippen LogP contribution in [0.15, 0.2) is 59.6 Å². The van der Waals surface area contributed by atoms with E-state index in [1.165, 1.54) is 32.4 Å². The summed E-state index contributed by atoms with van der Waals surface area (Å²) < 4.78 is 32.0. The number of para-hydroxylation sites is 1. The summed E-state index contributed by atoms with van der Waals surface area (Å²) in [7, 11) is -2.28. The molecule has 3 rings (SSSR count). The molecule has 118 valence electrons. The third kappa shape index (κ3) is 2.51. The van der Waals surface area contributed by atoms with Gasteiger partial charge in [-0.2, -0.15) is 0 Å². The summed E-state index contributed by atoms with van der Waals surface area (Å²) in [4.78, 5) is 11.9. The van der Waals surface area contributed by atoms with E-state index in [4.69, 9.17) is 4.74 Å². The Balaban J connectivity index is 2.24. The van der Waals surface area contributed by atoms with Gasteiger partial charge in [-0.3, -0.25) is 4.79 Å². The highest BCUT2D eigenvalue weighted by atomic mass is 32.2. The Bertz CT molecular complexity index is 985. The number of methoxy groups -OCH3 is 1. The van der Waals surface area contributed by atoms with Crippen LogP contribution in [0.4, 0.5) is 0 Å². The van der Waals surface area contributed by atoms with E-state index < -0.39 is 10.0 Å². The maximum Gasteiger partial charge on any atom is 0.268 e. The second-order valence-electron chi connectivity index (χ2n) is 5.09. The van der Waals surface area contributed by atoms with E-state index in [-0.39, 0.29) is 10.7 Å². The molecule has 23 heavy (non-hydrogen) atoms. The van der Waals surface area contributed by atoms with Crippen molar-refractivity contribution < 1.29 is 17.9 Å². The quantitative estimate of drug-likeness (QED) is 0.690. The summed E-state index contributed by atoms with van der Waals surface area (Å²) in [6.45, 7) is 1.42. The third-order valence-corrected chi connectivity index (χ3v) is 5.36. The van der Waals surface area contributed by atoms with E-state index in [0.717, 1.165) is 3.97 Å². The second kappa shape index (κ2) is 5.55. The van der Waals surface area contributed by atoms with Gasteiger partial charge in [0.15, 0.2) is 5.78 Å². The molecular formula is C17H15NO4S. The van der Waals surface area contributed by atoms with Crippen LogP contribution in [-0.2, 0) is 10.0 Å². The predicted octanol–water partition coefficient (Wildman–Crippen LogP) is 3.09. The minimum atomic E-state index is -3.79. The lowest BCUT2D eigenvalue weighted by atomic mass is 10.1. The summed E-state index contributed by atoms with van der Waals surface area (Å²) in [6.07, 6.45) is 1.38. The molecule has 3 aromatic rings. The number of rotatable bonds is 4. The van der Waals surface area contributed by atoms with Gasteiger partial charge in [0.05, 0.1) is 17.5 Å². The van der Waals surface area contributed by atoms with Gasteiger partial charge in [-0.1, -0.05) is 18.2 Å². The SMILES string of the molecule is COc1ccc(S(=O)(=O)n2cc(C(C)=O)c3ccccc32)cc1. The largest absolute Gasteiger partial charge is 0.497 e. The fraction of sp³-hybridized carbons (Fsp3) is 0.118. The van der Waals surface area contributed by atoms with E-state index in [9.17, 15) is 13.2 Å². The molecule has 0 fully saturated rings. The number of nitrogens with zero attached hydrogens (tertiary/aromatic N) is 1. The molecule has 6 heteroatoms. The standard InChI is InChI=1S/C17H15NO4S/c1-12(19)16-11-18(17-6-4-3-5-15(16)17)23(20,21)14-9-7-13(22-2)8-10-14/h3-11H,1-2H3. The summed E-state index contributed by atoms with van der Waals surface area (Å²) in [6, 6.07) is 13.1. The number of aromatic nitrogens is 1. The van der Waals surface area contributed by atoms with E-state index >= 15 is 0 Å². The van der Waals surface area contributed by atoms with Gasteiger partial charge in [0, 0.05) is 17.1 Å². The molecule has 0 aliphatic heterocycles. The van der Waals surface area contributed by atoms with Gasteiger partial charge in [-0.15, -0.1) is 0 Å². The Kier molecular flexibility index (Phi) is 3.69. The van der Waals surface area contributed by atoms with Crippen molar-refractivity contribution in [3.8, 4) is 5.75 Å². The average molecular weight is 329 g/mol. The third-order valence-electron chi connectivity index (χ3n) is 3.67. The minimum Gasteiger partial charge on any atom is -0.497 e. The molecule has 0 aliphatic rings. The first-order chi connectivity index (χ1) is 10.9. The Labute approximate surface area is 134 Å². The maximum atomic E-state index is 12.9. The zero-order valence-electron chi connectivity index (χ0n) is 12.7. The van der Waals surface area contributed by atoms with Gasteiger partial charge >= 0.3 is 0 Å². The number of hydrogen-bond acceptors (Lipinski definition) is 4. The highest BCUT2D eigenvalue weighted by Crippen LogP contribution is 2.27. The lowest BCUT2D eigenvalue weighted by molar-refractivity contribution is 0.101. The monoisotopic (exact) mass is 329 g/mol. The summed E-state index contributed by atoms with van der Waals surface area (Å²) >= 11 is 0. The van der Waals surface area contributed by atoms with Crippen LogP contribution in [0.1, 0.15) is 17.3 Å². The van der Waals surface area contributed by atoms with Crippen LogP contribution in [0.3, 0.4) is 0 Å². The van der Waals surface area contributed by atoms with Gasteiger partial charge < -0.3 is 4.74 Å². The Morgan fingerprint density at radius 2 is 1.70 bits per heavy atom. The first-order valence-corrected chi connectivity index (χ1v) is 8.40. The fourth-order valence-electron chi connectivity index (χ4n) is 2.49. The zero-order valence-corrected chi connectivity index (χ0v) is 13.5. The van der Waals surface area contributed by atoms with Gasteiger partial charge in [-0.25, -0.2) is 12.4 Å². The van der Waals surface area contributed by atoms with Crippen LogP contribution < -0.4 is 4.74 Å². The highest BCUT2D eigenvalue weighted by molar-refractivity contribution is 7.90. The number of ketones is 1. The molecule has 5 nitrogen and oxygen atoms in total. The van der Waals surface area contributed by atoms with Crippen LogP contribution >= 0.6 is 0 Å². The Morgan fingerprint density at radius 3 is 2.30 bits per heavy atom. The topological polar surface area (TPSA) is 65.4 Å². The molecule has 0 bridgehead atoms. The second-order valence-corrected chi connectivity index (χ2v) is 6.91. The van der Waals surface area contributed by atoms with E-state index in [0.29, 0.717) is 22.2 Å². The summed E-state index contributed by atoms with van der Waals surface area (Å²) in [5.41, 5.74) is 0.867. The molecule has 0 radical (unpaired) electrons. The number of carbonyl (C=O) groups is 1. The molecular weight excluding hydrogens is 314 g/mol. The van der Waals surface area contributed by atoms with Crippen molar-refractivity contribution in [2.75, 3.05) is 7.11 Å². The normalized spacial score (nSPS) is 11.6. The number of benzene rings is 2. The first kappa shape index (κ1) is 15.3. The highest BCUT2D eigenvalue weighted by Gasteiger charge is 2.22. The van der Waals surface area contributed by atoms with Crippen molar-refractivity contribution in [1.29, 1.82) is 0 Å². The average Bonchev–Trinajstić information content (AvgIpc) is 2.95. The molecule has 1 aromatic heterocycles. The van der Waals surface area contributed by atoms with E-state index in [2.05, 4.69) is 0 Å². The molecule has 2 aromatic carbocycles. The smallest absolute Gasteiger partial charge is 0.268 e. The Morgan fingerprint density at radius 1 is 1.04 bits per heavy atom. The fourth-order valence-corrected chi connectivity index (χ4v) is 3.86. The molecule has 0 saturated carbocycles. The predicted molar refractivity (Wildman–Crippen MR) is 87.5 cm³/mol. The maximum absolute atomic E-state index is 12.9. The van der Waals surface area contributed by atoms with E-state index in [1.807, 2.05) is 0 Å². The number of hydrogen-bond donors (Lipinski definition) is 0. The lowest BCUT2D eigenvalue weighted by Gasteiger charge is -2.08.